The summed E-state index contributed by atoms with van der Waals surface area (Å²) in [6, 6.07) is 0.0495. The number of aromatic nitrogens is 3. The van der Waals surface area contributed by atoms with Gasteiger partial charge >= 0.3 is 0 Å². The molecule has 0 radical (unpaired) electrons. The smallest absolute Gasteiger partial charge is 0.0770 e. The Bertz CT molecular complexity index is 302. The van der Waals surface area contributed by atoms with Gasteiger partial charge in [-0.25, -0.2) is 4.68 Å². The second-order valence-electron chi connectivity index (χ2n) is 4.00. The summed E-state index contributed by atoms with van der Waals surface area (Å²) in [5, 5.41) is 7.98. The standard InChI is InChI=1S/C11H23N5O/c1-3-6-16-11(9-13-15-16)10(14-12)5-8-17-7-4-2/h9-10,14H,3-8,12H2,1-2H3. The van der Waals surface area contributed by atoms with E-state index in [9.17, 15) is 0 Å². The van der Waals surface area contributed by atoms with Gasteiger partial charge in [-0.2, -0.15) is 0 Å². The molecule has 0 aromatic carbocycles. The van der Waals surface area contributed by atoms with Crippen LogP contribution in [0.2, 0.25) is 0 Å². The highest BCUT2D eigenvalue weighted by Crippen LogP contribution is 2.14. The fourth-order valence-corrected chi connectivity index (χ4v) is 1.69. The first-order valence-corrected chi connectivity index (χ1v) is 6.25. The van der Waals surface area contributed by atoms with E-state index in [0.717, 1.165) is 38.1 Å². The van der Waals surface area contributed by atoms with Crippen LogP contribution >= 0.6 is 0 Å². The van der Waals surface area contributed by atoms with E-state index < -0.39 is 0 Å². The van der Waals surface area contributed by atoms with E-state index in [2.05, 4.69) is 29.6 Å². The molecule has 1 heterocycles. The Kier molecular flexibility index (Phi) is 6.76. The second kappa shape index (κ2) is 8.16. The molecule has 0 spiro atoms. The fraction of sp³-hybridized carbons (Fsp3) is 0.818. The highest BCUT2D eigenvalue weighted by molar-refractivity contribution is 5.01. The van der Waals surface area contributed by atoms with Crippen molar-refractivity contribution >= 4 is 0 Å². The van der Waals surface area contributed by atoms with Crippen LogP contribution in [0.4, 0.5) is 0 Å². The van der Waals surface area contributed by atoms with Crippen molar-refractivity contribution in [3.63, 3.8) is 0 Å². The van der Waals surface area contributed by atoms with Gasteiger partial charge in [0.25, 0.3) is 0 Å². The minimum Gasteiger partial charge on any atom is -0.381 e. The molecule has 0 aliphatic carbocycles. The number of ether oxygens (including phenoxy) is 1. The number of nitrogens with zero attached hydrogens (tertiary/aromatic N) is 3. The maximum Gasteiger partial charge on any atom is 0.0770 e. The van der Waals surface area contributed by atoms with Crippen LogP contribution in [-0.4, -0.2) is 28.2 Å². The monoisotopic (exact) mass is 241 g/mol. The maximum atomic E-state index is 5.57. The van der Waals surface area contributed by atoms with E-state index in [0.29, 0.717) is 6.61 Å². The van der Waals surface area contributed by atoms with Crippen LogP contribution in [0.3, 0.4) is 0 Å². The molecule has 98 valence electrons. The average molecular weight is 241 g/mol. The Balaban J connectivity index is 2.50. The van der Waals surface area contributed by atoms with Gasteiger partial charge in [0.1, 0.15) is 0 Å². The van der Waals surface area contributed by atoms with E-state index in [1.54, 1.807) is 6.20 Å². The highest BCUT2D eigenvalue weighted by atomic mass is 16.5. The number of nitrogens with two attached hydrogens (primary N) is 1. The number of aryl methyl sites for hydroxylation is 1. The number of nitrogens with one attached hydrogen (secondary N) is 1. The van der Waals surface area contributed by atoms with Crippen LogP contribution in [0.25, 0.3) is 0 Å². The van der Waals surface area contributed by atoms with Crippen molar-refractivity contribution in [3.8, 4) is 0 Å². The SMILES string of the molecule is CCCOCCC(NN)c1cnnn1CCC. The molecular formula is C11H23N5O. The minimum absolute atomic E-state index is 0.0495. The van der Waals surface area contributed by atoms with E-state index in [-0.39, 0.29) is 6.04 Å². The summed E-state index contributed by atoms with van der Waals surface area (Å²) in [7, 11) is 0. The molecule has 3 N–H and O–H groups in total. The Morgan fingerprint density at radius 1 is 1.41 bits per heavy atom. The predicted molar refractivity (Wildman–Crippen MR) is 66.1 cm³/mol. The molecule has 1 atom stereocenters. The number of hydrogen-bond acceptors (Lipinski definition) is 5. The lowest BCUT2D eigenvalue weighted by Crippen LogP contribution is -2.31. The Hall–Kier alpha value is -0.980. The van der Waals surface area contributed by atoms with Gasteiger partial charge in [-0.1, -0.05) is 19.1 Å². The van der Waals surface area contributed by atoms with Gasteiger partial charge in [-0.05, 0) is 19.3 Å². The fourth-order valence-electron chi connectivity index (χ4n) is 1.69. The minimum atomic E-state index is 0.0495. The Morgan fingerprint density at radius 3 is 2.88 bits per heavy atom. The number of hydrazine groups is 1. The second-order valence-corrected chi connectivity index (χ2v) is 4.00. The molecule has 0 saturated carbocycles. The summed E-state index contributed by atoms with van der Waals surface area (Å²) in [6.07, 6.45) is 4.66. The summed E-state index contributed by atoms with van der Waals surface area (Å²) < 4.78 is 7.36. The molecule has 1 aromatic heterocycles. The largest absolute Gasteiger partial charge is 0.381 e. The third-order valence-electron chi connectivity index (χ3n) is 2.54. The molecule has 6 nitrogen and oxygen atoms in total. The number of hydrogen-bond donors (Lipinski definition) is 2. The van der Waals surface area contributed by atoms with Crippen molar-refractivity contribution in [2.75, 3.05) is 13.2 Å². The third-order valence-corrected chi connectivity index (χ3v) is 2.54. The average Bonchev–Trinajstić information content (AvgIpc) is 2.78. The molecule has 0 aliphatic rings. The normalized spacial score (nSPS) is 12.9. The molecule has 1 aromatic rings. The van der Waals surface area contributed by atoms with Crippen LogP contribution < -0.4 is 11.3 Å². The molecule has 1 unspecified atom stereocenters. The quantitative estimate of drug-likeness (QED) is 0.383. The van der Waals surface area contributed by atoms with Crippen molar-refractivity contribution in [1.29, 1.82) is 0 Å². The first-order chi connectivity index (χ1) is 8.33. The van der Waals surface area contributed by atoms with Crippen LogP contribution in [0.5, 0.6) is 0 Å². The Labute approximate surface area is 102 Å². The molecule has 1 rings (SSSR count). The predicted octanol–water partition coefficient (Wildman–Crippen LogP) is 1.01. The molecule has 0 bridgehead atoms. The van der Waals surface area contributed by atoms with E-state index in [1.807, 2.05) is 4.68 Å². The van der Waals surface area contributed by atoms with Crippen molar-refractivity contribution in [2.45, 2.75) is 45.7 Å². The van der Waals surface area contributed by atoms with Gasteiger partial charge in [0.05, 0.1) is 17.9 Å². The van der Waals surface area contributed by atoms with Gasteiger partial charge in [-0.3, -0.25) is 11.3 Å². The molecule has 0 saturated heterocycles. The lowest BCUT2D eigenvalue weighted by molar-refractivity contribution is 0.123. The first kappa shape index (κ1) is 14.1. The molecule has 6 heteroatoms. The molecule has 17 heavy (non-hydrogen) atoms. The van der Waals surface area contributed by atoms with Crippen molar-refractivity contribution in [2.24, 2.45) is 5.84 Å². The van der Waals surface area contributed by atoms with Crippen molar-refractivity contribution in [1.82, 2.24) is 20.4 Å². The summed E-state index contributed by atoms with van der Waals surface area (Å²) in [6.45, 7) is 6.56. The molecule has 0 aliphatic heterocycles. The van der Waals surface area contributed by atoms with Crippen molar-refractivity contribution < 1.29 is 4.74 Å². The van der Waals surface area contributed by atoms with Crippen LogP contribution in [-0.2, 0) is 11.3 Å². The van der Waals surface area contributed by atoms with Gasteiger partial charge < -0.3 is 4.74 Å². The lowest BCUT2D eigenvalue weighted by atomic mass is 10.1. The van der Waals surface area contributed by atoms with Crippen LogP contribution in [0.15, 0.2) is 6.20 Å². The third kappa shape index (κ3) is 4.41. The molecule has 0 amide bonds. The zero-order chi connectivity index (χ0) is 12.5. The first-order valence-electron chi connectivity index (χ1n) is 6.25. The van der Waals surface area contributed by atoms with Crippen molar-refractivity contribution in [3.05, 3.63) is 11.9 Å². The lowest BCUT2D eigenvalue weighted by Gasteiger charge is -2.16. The summed E-state index contributed by atoms with van der Waals surface area (Å²) in [5.74, 6) is 5.57. The number of rotatable bonds is 9. The van der Waals surface area contributed by atoms with Crippen LogP contribution in [0, 0.1) is 0 Å². The highest BCUT2D eigenvalue weighted by Gasteiger charge is 2.15. The van der Waals surface area contributed by atoms with Crippen LogP contribution in [0.1, 0.15) is 44.8 Å². The zero-order valence-electron chi connectivity index (χ0n) is 10.7. The summed E-state index contributed by atoms with van der Waals surface area (Å²) in [4.78, 5) is 0. The van der Waals surface area contributed by atoms with Gasteiger partial charge in [0.15, 0.2) is 0 Å². The summed E-state index contributed by atoms with van der Waals surface area (Å²) in [5.41, 5.74) is 3.82. The summed E-state index contributed by atoms with van der Waals surface area (Å²) >= 11 is 0. The van der Waals surface area contributed by atoms with E-state index in [4.69, 9.17) is 10.6 Å². The molecule has 0 fully saturated rings. The molecular weight excluding hydrogens is 218 g/mol. The van der Waals surface area contributed by atoms with E-state index >= 15 is 0 Å². The maximum absolute atomic E-state index is 5.57. The van der Waals surface area contributed by atoms with Gasteiger partial charge in [0.2, 0.25) is 0 Å². The van der Waals surface area contributed by atoms with Gasteiger partial charge in [-0.15, -0.1) is 5.10 Å². The Morgan fingerprint density at radius 2 is 2.24 bits per heavy atom. The topological polar surface area (TPSA) is 78.0 Å². The zero-order valence-corrected chi connectivity index (χ0v) is 10.7. The van der Waals surface area contributed by atoms with E-state index in [1.165, 1.54) is 0 Å². The van der Waals surface area contributed by atoms with Gasteiger partial charge in [0, 0.05) is 19.8 Å².